The van der Waals surface area contributed by atoms with Gasteiger partial charge >= 0.3 is 11.9 Å². The van der Waals surface area contributed by atoms with Gasteiger partial charge in [-0.1, -0.05) is 60.8 Å². The second kappa shape index (κ2) is 11.3. The molecule has 1 aliphatic rings. The van der Waals surface area contributed by atoms with Crippen LogP contribution in [-0.2, 0) is 20.7 Å². The topological polar surface area (TPSA) is 72.8 Å². The molecule has 5 nitrogen and oxygen atoms in total. The largest absolute Gasteiger partial charge is 0.479 e. The summed E-state index contributed by atoms with van der Waals surface area (Å²) in [4.78, 5) is 24.6. The zero-order valence-electron chi connectivity index (χ0n) is 20.2. The van der Waals surface area contributed by atoms with E-state index in [0.717, 1.165) is 25.8 Å². The quantitative estimate of drug-likeness (QED) is 0.268. The van der Waals surface area contributed by atoms with Crippen LogP contribution >= 0.6 is 11.6 Å². The fourth-order valence-electron chi connectivity index (χ4n) is 4.50. The van der Waals surface area contributed by atoms with Crippen molar-refractivity contribution in [2.24, 2.45) is 5.92 Å². The molecule has 0 aliphatic heterocycles. The van der Waals surface area contributed by atoms with Crippen molar-refractivity contribution in [3.63, 3.8) is 0 Å². The first-order chi connectivity index (χ1) is 17.7. The number of rotatable bonds is 11. The molecule has 0 bridgehead atoms. The van der Waals surface area contributed by atoms with Crippen LogP contribution in [0.2, 0.25) is 5.02 Å². The number of alkyl halides is 1. The molecule has 8 heteroatoms. The van der Waals surface area contributed by atoms with Crippen LogP contribution in [0.5, 0.6) is 11.5 Å². The smallest absolute Gasteiger partial charge is 0.346 e. The Kier molecular flexibility index (Phi) is 8.13. The van der Waals surface area contributed by atoms with Gasteiger partial charge in [-0.2, -0.15) is 0 Å². The maximum atomic E-state index is 17.0. The fourth-order valence-corrected chi connectivity index (χ4v) is 4.63. The third-order valence-corrected chi connectivity index (χ3v) is 6.79. The van der Waals surface area contributed by atoms with Crippen molar-refractivity contribution < 1.29 is 33.0 Å². The van der Waals surface area contributed by atoms with Crippen molar-refractivity contribution >= 4 is 23.5 Å². The molecule has 0 unspecified atom stereocenters. The highest BCUT2D eigenvalue weighted by Crippen LogP contribution is 2.47. The highest BCUT2D eigenvalue weighted by Gasteiger charge is 2.56. The molecular weight excluding hydrogens is 502 g/mol. The molecule has 3 atom stereocenters. The number of ether oxygens (including phenoxy) is 2. The third kappa shape index (κ3) is 6.46. The maximum Gasteiger partial charge on any atom is 0.346 e. The Morgan fingerprint density at radius 3 is 2.35 bits per heavy atom. The lowest BCUT2D eigenvalue weighted by atomic mass is 9.75. The summed E-state index contributed by atoms with van der Waals surface area (Å²) in [7, 11) is 0. The number of carbonyl (C=O) groups excluding carboxylic acids is 1. The van der Waals surface area contributed by atoms with Crippen LogP contribution in [0.4, 0.5) is 8.78 Å². The molecule has 194 valence electrons. The molecule has 0 radical (unpaired) electrons. The molecule has 0 amide bonds. The number of hydrogen-bond acceptors (Lipinski definition) is 4. The van der Waals surface area contributed by atoms with Crippen LogP contribution in [-0.4, -0.2) is 28.8 Å². The summed E-state index contributed by atoms with van der Waals surface area (Å²) in [6.07, 6.45) is 0.0278. The summed E-state index contributed by atoms with van der Waals surface area (Å²) in [6, 6.07) is 18.8. The van der Waals surface area contributed by atoms with E-state index in [0.29, 0.717) is 21.9 Å². The summed E-state index contributed by atoms with van der Waals surface area (Å²) in [5.41, 5.74) is -2.16. The molecule has 1 fully saturated rings. The molecule has 1 saturated carbocycles. The Hall–Kier alpha value is -3.45. The number of benzene rings is 3. The summed E-state index contributed by atoms with van der Waals surface area (Å²) in [6.45, 7) is 1.10. The number of carboxylic acids is 1. The van der Waals surface area contributed by atoms with Gasteiger partial charge in [0.05, 0.1) is 0 Å². The first-order valence-electron chi connectivity index (χ1n) is 12.0. The molecule has 0 saturated heterocycles. The van der Waals surface area contributed by atoms with Gasteiger partial charge in [-0.05, 0) is 59.9 Å². The van der Waals surface area contributed by atoms with E-state index in [1.165, 1.54) is 12.1 Å². The van der Waals surface area contributed by atoms with Crippen LogP contribution in [0, 0.1) is 11.7 Å². The molecule has 0 spiro atoms. The van der Waals surface area contributed by atoms with Crippen molar-refractivity contribution in [3.05, 3.63) is 94.8 Å². The maximum absolute atomic E-state index is 17.0. The van der Waals surface area contributed by atoms with Crippen molar-refractivity contribution in [3.8, 4) is 11.5 Å². The van der Waals surface area contributed by atoms with E-state index >= 15 is 4.39 Å². The van der Waals surface area contributed by atoms with E-state index in [1.54, 1.807) is 54.6 Å². The molecule has 1 aliphatic carbocycles. The Morgan fingerprint density at radius 1 is 1.08 bits per heavy atom. The highest BCUT2D eigenvalue weighted by molar-refractivity contribution is 6.30. The van der Waals surface area contributed by atoms with E-state index in [2.05, 4.69) is 0 Å². The minimum atomic E-state index is -2.96. The van der Waals surface area contributed by atoms with Crippen LogP contribution in [0.15, 0.2) is 72.8 Å². The lowest BCUT2D eigenvalue weighted by molar-refractivity contribution is -0.174. The molecule has 3 aromatic rings. The minimum absolute atomic E-state index is 0.114. The number of carbonyl (C=O) groups is 2. The fraction of sp³-hybridized carbons (Fsp3) is 0.310. The summed E-state index contributed by atoms with van der Waals surface area (Å²) in [5, 5.41) is 10.7. The number of esters is 1. The van der Waals surface area contributed by atoms with E-state index in [9.17, 15) is 19.1 Å². The molecule has 4 rings (SSSR count). The normalized spacial score (nSPS) is 16.3. The first kappa shape index (κ1) is 26.6. The van der Waals surface area contributed by atoms with E-state index in [-0.39, 0.29) is 24.5 Å². The number of halogens is 3. The predicted molar refractivity (Wildman–Crippen MR) is 135 cm³/mol. The SMILES string of the molecule is CC(=O)O[C@H](Cc1ccc(F)c(Oc2ccccc2)c1)[C@](F)(C(=O)O)[C@@H](CC1CC1)c1ccc(Cl)cc1. The average molecular weight is 529 g/mol. The Balaban J connectivity index is 1.71. The van der Waals surface area contributed by atoms with Crippen LogP contribution in [0.25, 0.3) is 0 Å². The first-order valence-corrected chi connectivity index (χ1v) is 12.4. The molecule has 1 N–H and O–H groups in total. The van der Waals surface area contributed by atoms with Crippen LogP contribution in [0.1, 0.15) is 43.2 Å². The molecule has 0 heterocycles. The van der Waals surface area contributed by atoms with Gasteiger partial charge in [0.2, 0.25) is 5.67 Å². The van der Waals surface area contributed by atoms with E-state index in [4.69, 9.17) is 21.1 Å². The molecule has 3 aromatic carbocycles. The van der Waals surface area contributed by atoms with Crippen molar-refractivity contribution in [2.45, 2.75) is 50.3 Å². The number of para-hydroxylation sites is 1. The zero-order valence-corrected chi connectivity index (χ0v) is 21.0. The van der Waals surface area contributed by atoms with Gasteiger partial charge < -0.3 is 14.6 Å². The standard InChI is InChI=1S/C29H27ClF2O5/c1-18(33)36-27(17-20-9-14-25(31)26(16-20)37-23-5-3-2-4-6-23)29(32,28(34)35)24(15-19-7-8-19)21-10-12-22(30)13-11-21/h2-6,9-14,16,19,24,27H,7-8,15,17H2,1H3,(H,34,35)/t24-,27+,29-/m0/s1. The van der Waals surface area contributed by atoms with Gasteiger partial charge in [0, 0.05) is 24.3 Å². The van der Waals surface area contributed by atoms with Gasteiger partial charge in [0.15, 0.2) is 17.7 Å². The van der Waals surface area contributed by atoms with Gasteiger partial charge in [-0.25, -0.2) is 13.6 Å². The van der Waals surface area contributed by atoms with Gasteiger partial charge in [-0.3, -0.25) is 4.79 Å². The van der Waals surface area contributed by atoms with Crippen molar-refractivity contribution in [1.82, 2.24) is 0 Å². The molecular formula is C29H27ClF2O5. The molecule has 0 aromatic heterocycles. The minimum Gasteiger partial charge on any atom is -0.479 e. The Morgan fingerprint density at radius 2 is 1.76 bits per heavy atom. The highest BCUT2D eigenvalue weighted by atomic mass is 35.5. The monoisotopic (exact) mass is 528 g/mol. The summed E-state index contributed by atoms with van der Waals surface area (Å²) >= 11 is 6.01. The average Bonchev–Trinajstić information content (AvgIpc) is 3.69. The second-order valence-electron chi connectivity index (χ2n) is 9.34. The second-order valence-corrected chi connectivity index (χ2v) is 9.77. The summed E-state index contributed by atoms with van der Waals surface area (Å²) in [5.74, 6) is -3.84. The van der Waals surface area contributed by atoms with Gasteiger partial charge in [0.1, 0.15) is 5.75 Å². The Bertz CT molecular complexity index is 1250. The van der Waals surface area contributed by atoms with E-state index in [1.807, 2.05) is 0 Å². The predicted octanol–water partition coefficient (Wildman–Crippen LogP) is 7.12. The number of hydrogen-bond donors (Lipinski definition) is 1. The molecule has 37 heavy (non-hydrogen) atoms. The Labute approximate surface area is 219 Å². The van der Waals surface area contributed by atoms with Crippen LogP contribution < -0.4 is 4.74 Å². The van der Waals surface area contributed by atoms with E-state index < -0.39 is 35.4 Å². The zero-order chi connectivity index (χ0) is 26.6. The summed E-state index contributed by atoms with van der Waals surface area (Å²) < 4.78 is 42.5. The number of carboxylic acid groups (broad SMARTS) is 1. The van der Waals surface area contributed by atoms with Crippen LogP contribution in [0.3, 0.4) is 0 Å². The lowest BCUT2D eigenvalue weighted by Crippen LogP contribution is -2.53. The third-order valence-electron chi connectivity index (χ3n) is 6.54. The van der Waals surface area contributed by atoms with Crippen molar-refractivity contribution in [2.75, 3.05) is 0 Å². The number of aliphatic carboxylic acids is 1. The van der Waals surface area contributed by atoms with Gasteiger partial charge in [0.25, 0.3) is 0 Å². The van der Waals surface area contributed by atoms with Gasteiger partial charge in [-0.15, -0.1) is 0 Å². The lowest BCUT2D eigenvalue weighted by Gasteiger charge is -2.36. The van der Waals surface area contributed by atoms with Crippen molar-refractivity contribution in [1.29, 1.82) is 0 Å².